The van der Waals surface area contributed by atoms with Crippen LogP contribution in [0.25, 0.3) is 0 Å². The Balaban J connectivity index is 2.50. The van der Waals surface area contributed by atoms with Crippen LogP contribution in [-0.2, 0) is 0 Å². The molecule has 20 heavy (non-hydrogen) atoms. The van der Waals surface area contributed by atoms with E-state index in [0.29, 0.717) is 21.5 Å². The predicted molar refractivity (Wildman–Crippen MR) is 87.0 cm³/mol. The van der Waals surface area contributed by atoms with Crippen LogP contribution < -0.4 is 11.1 Å². The van der Waals surface area contributed by atoms with Crippen molar-refractivity contribution in [1.82, 2.24) is 4.98 Å². The smallest absolute Gasteiger partial charge is 0.147 e. The molecule has 2 rings (SSSR count). The van der Waals surface area contributed by atoms with Gasteiger partial charge in [0.2, 0.25) is 0 Å². The number of benzene rings is 1. The molecular weight excluding hydrogens is 341 g/mol. The number of anilines is 2. The van der Waals surface area contributed by atoms with Crippen molar-refractivity contribution in [2.75, 3.05) is 5.32 Å². The molecule has 0 aliphatic rings. The van der Waals surface area contributed by atoms with Gasteiger partial charge >= 0.3 is 0 Å². The minimum Gasteiger partial charge on any atom is -0.389 e. The first-order valence-electron chi connectivity index (χ1n) is 5.88. The van der Waals surface area contributed by atoms with Crippen LogP contribution in [0.3, 0.4) is 0 Å². The summed E-state index contributed by atoms with van der Waals surface area (Å²) < 4.78 is 14.6. The normalized spacial score (nSPS) is 10.4. The van der Waals surface area contributed by atoms with Gasteiger partial charge in [-0.3, -0.25) is 0 Å². The number of pyridine rings is 1. The molecule has 0 spiro atoms. The molecule has 104 valence electrons. The third-order valence-corrected chi connectivity index (χ3v) is 3.47. The summed E-state index contributed by atoms with van der Waals surface area (Å²) >= 11 is 8.27. The van der Waals surface area contributed by atoms with Gasteiger partial charge in [-0.25, -0.2) is 9.37 Å². The molecule has 0 fully saturated rings. The zero-order valence-electron chi connectivity index (χ0n) is 11.0. The van der Waals surface area contributed by atoms with Gasteiger partial charge in [-0.15, -0.1) is 0 Å². The Hall–Kier alpha value is -1.53. The Labute approximate surface area is 130 Å². The number of aromatic nitrogens is 1. The van der Waals surface area contributed by atoms with Gasteiger partial charge in [-0.1, -0.05) is 28.1 Å². The Bertz CT molecular complexity index is 688. The lowest BCUT2D eigenvalue weighted by atomic mass is 10.1. The van der Waals surface area contributed by atoms with Gasteiger partial charge in [-0.2, -0.15) is 0 Å². The lowest BCUT2D eigenvalue weighted by molar-refractivity contribution is 0.631. The van der Waals surface area contributed by atoms with Crippen molar-refractivity contribution in [3.05, 3.63) is 51.4 Å². The zero-order chi connectivity index (χ0) is 14.9. The highest BCUT2D eigenvalue weighted by Crippen LogP contribution is 2.26. The van der Waals surface area contributed by atoms with E-state index in [2.05, 4.69) is 26.2 Å². The highest BCUT2D eigenvalue weighted by atomic mass is 79.9. The molecule has 3 N–H and O–H groups in total. The lowest BCUT2D eigenvalue weighted by Crippen LogP contribution is -2.15. The van der Waals surface area contributed by atoms with E-state index in [0.717, 1.165) is 11.3 Å². The van der Waals surface area contributed by atoms with Crippen LogP contribution in [0.1, 0.15) is 16.8 Å². The number of halogens is 2. The van der Waals surface area contributed by atoms with Crippen molar-refractivity contribution in [1.29, 1.82) is 0 Å². The zero-order valence-corrected chi connectivity index (χ0v) is 13.4. The molecule has 0 saturated heterocycles. The third-order valence-electron chi connectivity index (χ3n) is 2.78. The van der Waals surface area contributed by atoms with Crippen molar-refractivity contribution in [2.24, 2.45) is 5.73 Å². The van der Waals surface area contributed by atoms with Gasteiger partial charge < -0.3 is 11.1 Å². The first-order valence-corrected chi connectivity index (χ1v) is 7.08. The summed E-state index contributed by atoms with van der Waals surface area (Å²) in [4.78, 5) is 4.59. The summed E-state index contributed by atoms with van der Waals surface area (Å²) in [6, 6.07) is 6.64. The fourth-order valence-electron chi connectivity index (χ4n) is 1.96. The number of thiocarbonyl (C=S) groups is 1. The lowest BCUT2D eigenvalue weighted by Gasteiger charge is -2.14. The Morgan fingerprint density at radius 1 is 1.35 bits per heavy atom. The molecule has 0 unspecified atom stereocenters. The number of hydrogen-bond donors (Lipinski definition) is 2. The first-order chi connectivity index (χ1) is 9.38. The number of hydrogen-bond acceptors (Lipinski definition) is 3. The SMILES string of the molecule is Cc1cc(C)c(C(N)=S)c(Nc2ccc(Br)cc2F)n1. The maximum atomic E-state index is 13.9. The molecule has 1 aromatic heterocycles. The number of rotatable bonds is 3. The minimum atomic E-state index is -0.380. The molecule has 0 aliphatic carbocycles. The molecule has 0 atom stereocenters. The molecule has 0 bridgehead atoms. The number of nitrogens with zero attached hydrogens (tertiary/aromatic N) is 1. The fourth-order valence-corrected chi connectivity index (χ4v) is 2.55. The number of nitrogens with two attached hydrogens (primary N) is 1. The summed E-state index contributed by atoms with van der Waals surface area (Å²) in [5, 5.41) is 2.96. The Kier molecular flexibility index (Phi) is 4.35. The van der Waals surface area contributed by atoms with Crippen molar-refractivity contribution < 1.29 is 4.39 Å². The highest BCUT2D eigenvalue weighted by Gasteiger charge is 2.13. The van der Waals surface area contributed by atoms with E-state index in [1.54, 1.807) is 12.1 Å². The van der Waals surface area contributed by atoms with Crippen LogP contribution in [0.5, 0.6) is 0 Å². The van der Waals surface area contributed by atoms with Crippen molar-refractivity contribution in [2.45, 2.75) is 13.8 Å². The Morgan fingerprint density at radius 2 is 2.05 bits per heavy atom. The van der Waals surface area contributed by atoms with Crippen molar-refractivity contribution in [3.8, 4) is 0 Å². The van der Waals surface area contributed by atoms with Gasteiger partial charge in [0.1, 0.15) is 16.6 Å². The fraction of sp³-hybridized carbons (Fsp3) is 0.143. The van der Waals surface area contributed by atoms with E-state index < -0.39 is 0 Å². The quantitative estimate of drug-likeness (QED) is 0.819. The number of aryl methyl sites for hydroxylation is 2. The second-order valence-corrected chi connectivity index (χ2v) is 5.77. The molecule has 0 amide bonds. The summed E-state index contributed by atoms with van der Waals surface area (Å²) in [7, 11) is 0. The van der Waals surface area contributed by atoms with Crippen molar-refractivity contribution in [3.63, 3.8) is 0 Å². The first kappa shape index (κ1) is 14.9. The second kappa shape index (κ2) is 5.85. The molecule has 0 saturated carbocycles. The van der Waals surface area contributed by atoms with Gasteiger partial charge in [0.15, 0.2) is 0 Å². The van der Waals surface area contributed by atoms with Crippen LogP contribution in [0.15, 0.2) is 28.7 Å². The van der Waals surface area contributed by atoms with Crippen LogP contribution in [0, 0.1) is 19.7 Å². The van der Waals surface area contributed by atoms with Crippen LogP contribution in [-0.4, -0.2) is 9.97 Å². The van der Waals surface area contributed by atoms with E-state index in [9.17, 15) is 4.39 Å². The van der Waals surface area contributed by atoms with Crippen molar-refractivity contribution >= 4 is 44.6 Å². The molecule has 0 aliphatic heterocycles. The van der Waals surface area contributed by atoms with E-state index in [4.69, 9.17) is 18.0 Å². The van der Waals surface area contributed by atoms with Gasteiger partial charge in [0, 0.05) is 10.2 Å². The average molecular weight is 354 g/mol. The van der Waals surface area contributed by atoms with Crippen LogP contribution >= 0.6 is 28.1 Å². The van der Waals surface area contributed by atoms with Gasteiger partial charge in [0.25, 0.3) is 0 Å². The summed E-state index contributed by atoms with van der Waals surface area (Å²) in [6.07, 6.45) is 0. The van der Waals surface area contributed by atoms with E-state index in [-0.39, 0.29) is 10.8 Å². The maximum absolute atomic E-state index is 13.9. The molecule has 1 heterocycles. The maximum Gasteiger partial charge on any atom is 0.147 e. The van der Waals surface area contributed by atoms with E-state index in [1.807, 2.05) is 19.9 Å². The predicted octanol–water partition coefficient (Wildman–Crippen LogP) is 3.98. The molecule has 0 radical (unpaired) electrons. The topological polar surface area (TPSA) is 50.9 Å². The minimum absolute atomic E-state index is 0.231. The number of nitrogens with one attached hydrogen (secondary N) is 1. The van der Waals surface area contributed by atoms with Gasteiger partial charge in [-0.05, 0) is 43.7 Å². The molecule has 1 aromatic carbocycles. The summed E-state index contributed by atoms with van der Waals surface area (Å²) in [6.45, 7) is 3.76. The average Bonchev–Trinajstić information content (AvgIpc) is 2.31. The Morgan fingerprint density at radius 3 is 2.65 bits per heavy atom. The van der Waals surface area contributed by atoms with Crippen LogP contribution in [0.4, 0.5) is 15.9 Å². The van der Waals surface area contributed by atoms with Crippen LogP contribution in [0.2, 0.25) is 0 Å². The molecule has 6 heteroatoms. The van der Waals surface area contributed by atoms with E-state index >= 15 is 0 Å². The summed E-state index contributed by atoms with van der Waals surface area (Å²) in [5.41, 5.74) is 8.40. The summed E-state index contributed by atoms with van der Waals surface area (Å²) in [5.74, 6) is 0.0884. The largest absolute Gasteiger partial charge is 0.389 e. The molecular formula is C14H13BrFN3S. The van der Waals surface area contributed by atoms with E-state index in [1.165, 1.54) is 6.07 Å². The monoisotopic (exact) mass is 353 g/mol. The molecule has 2 aromatic rings. The third kappa shape index (κ3) is 3.13. The second-order valence-electron chi connectivity index (χ2n) is 4.42. The standard InChI is InChI=1S/C14H13BrFN3S/c1-7-5-8(2)18-14(12(7)13(17)20)19-11-4-3-9(15)6-10(11)16/h3-6H,1-2H3,(H2,17,20)(H,18,19). The molecule has 3 nitrogen and oxygen atoms in total. The van der Waals surface area contributed by atoms with Gasteiger partial charge in [0.05, 0.1) is 11.3 Å². The highest BCUT2D eigenvalue weighted by molar-refractivity contribution is 9.10.